The Morgan fingerprint density at radius 2 is 1.74 bits per heavy atom. The normalized spacial score (nSPS) is 21.4. The van der Waals surface area contributed by atoms with Gasteiger partial charge in [-0.2, -0.15) is 13.2 Å². The van der Waals surface area contributed by atoms with Crippen LogP contribution in [-0.4, -0.2) is 28.3 Å². The van der Waals surface area contributed by atoms with E-state index in [1.165, 1.54) is 6.92 Å². The van der Waals surface area contributed by atoms with Crippen LogP contribution >= 0.6 is 0 Å². The lowest BCUT2D eigenvalue weighted by molar-refractivity contribution is -0.575. The number of fused-ring (bicyclic) bond motifs is 1. The quantitative estimate of drug-likeness (QED) is 0.442. The van der Waals surface area contributed by atoms with Gasteiger partial charge in [0, 0.05) is 23.8 Å². The first-order valence-corrected chi connectivity index (χ1v) is 10.1. The van der Waals surface area contributed by atoms with Crippen molar-refractivity contribution in [2.24, 2.45) is 5.92 Å². The van der Waals surface area contributed by atoms with E-state index in [9.17, 15) is 28.1 Å². The second kappa shape index (κ2) is 8.72. The number of nitro groups is 1. The van der Waals surface area contributed by atoms with Gasteiger partial charge in [0.15, 0.2) is 0 Å². The summed E-state index contributed by atoms with van der Waals surface area (Å²) in [4.78, 5) is 22.1. The van der Waals surface area contributed by atoms with Gasteiger partial charge in [0.1, 0.15) is 5.75 Å². The third-order valence-electron chi connectivity index (χ3n) is 6.10. The summed E-state index contributed by atoms with van der Waals surface area (Å²) in [6.07, 6.45) is -4.10. The van der Waals surface area contributed by atoms with Gasteiger partial charge < -0.3 is 9.84 Å². The maximum absolute atomic E-state index is 12.8. The van der Waals surface area contributed by atoms with Gasteiger partial charge in [-0.1, -0.05) is 18.2 Å². The van der Waals surface area contributed by atoms with E-state index in [-0.39, 0.29) is 31.8 Å². The molecule has 1 aliphatic carbocycles. The Bertz CT molecular complexity index is 969. The van der Waals surface area contributed by atoms with Gasteiger partial charge in [-0.3, -0.25) is 14.9 Å². The zero-order valence-electron chi connectivity index (χ0n) is 17.0. The molecule has 1 saturated carbocycles. The minimum atomic E-state index is -4.16. The molecule has 9 heteroatoms. The van der Waals surface area contributed by atoms with Crippen LogP contribution in [0.5, 0.6) is 5.75 Å². The van der Waals surface area contributed by atoms with Crippen molar-refractivity contribution >= 4 is 16.7 Å². The highest BCUT2D eigenvalue weighted by Gasteiger charge is 2.42. The molecule has 0 spiro atoms. The molecule has 1 unspecified atom stereocenters. The number of rotatable bonds is 7. The first-order chi connectivity index (χ1) is 14.5. The molecule has 0 heterocycles. The SMILES string of the molecule is CC(CCC(=O)O)(c1ccc2cc(O[C@H]3CC[C@@H](C(F)(F)F)CC3)ccc2c1)[N+](=O)[O-]. The molecule has 0 aliphatic heterocycles. The average Bonchev–Trinajstić information content (AvgIpc) is 2.71. The first-order valence-electron chi connectivity index (χ1n) is 10.1. The largest absolute Gasteiger partial charge is 0.490 e. The van der Waals surface area contributed by atoms with Crippen molar-refractivity contribution in [3.8, 4) is 5.75 Å². The van der Waals surface area contributed by atoms with Crippen LogP contribution in [0.15, 0.2) is 36.4 Å². The zero-order chi connectivity index (χ0) is 22.8. The van der Waals surface area contributed by atoms with Crippen LogP contribution in [0.1, 0.15) is 51.0 Å². The summed E-state index contributed by atoms with van der Waals surface area (Å²) in [5.74, 6) is -1.82. The molecule has 2 aromatic carbocycles. The summed E-state index contributed by atoms with van der Waals surface area (Å²) in [7, 11) is 0. The third kappa shape index (κ3) is 5.26. The number of alkyl halides is 3. The summed E-state index contributed by atoms with van der Waals surface area (Å²) < 4.78 is 44.3. The fourth-order valence-electron chi connectivity index (χ4n) is 4.02. The maximum Gasteiger partial charge on any atom is 0.391 e. The van der Waals surface area contributed by atoms with Crippen LogP contribution in [0.3, 0.4) is 0 Å². The molecular formula is C22H24F3NO5. The predicted molar refractivity (Wildman–Crippen MR) is 108 cm³/mol. The van der Waals surface area contributed by atoms with Gasteiger partial charge in [-0.25, -0.2) is 0 Å². The van der Waals surface area contributed by atoms with E-state index in [1.807, 2.05) is 0 Å². The number of hydrogen-bond acceptors (Lipinski definition) is 4. The number of carboxylic acids is 1. The van der Waals surface area contributed by atoms with Crippen LogP contribution in [-0.2, 0) is 10.3 Å². The van der Waals surface area contributed by atoms with Crippen LogP contribution in [0.2, 0.25) is 0 Å². The van der Waals surface area contributed by atoms with E-state index in [0.717, 1.165) is 10.8 Å². The highest BCUT2D eigenvalue weighted by atomic mass is 19.4. The number of benzene rings is 2. The van der Waals surface area contributed by atoms with E-state index >= 15 is 0 Å². The van der Waals surface area contributed by atoms with E-state index < -0.39 is 28.5 Å². The summed E-state index contributed by atoms with van der Waals surface area (Å²) in [5, 5.41) is 22.1. The van der Waals surface area contributed by atoms with Crippen molar-refractivity contribution in [3.05, 3.63) is 52.1 Å². The van der Waals surface area contributed by atoms with Gasteiger partial charge in [0.05, 0.1) is 18.4 Å². The first kappa shape index (κ1) is 22.8. The summed E-state index contributed by atoms with van der Waals surface area (Å²) >= 11 is 0. The highest BCUT2D eigenvalue weighted by molar-refractivity contribution is 5.84. The van der Waals surface area contributed by atoms with E-state index in [2.05, 4.69) is 0 Å². The number of hydrogen-bond donors (Lipinski definition) is 1. The minimum absolute atomic E-state index is 0.0565. The Morgan fingerprint density at radius 3 is 2.32 bits per heavy atom. The lowest BCUT2D eigenvalue weighted by atomic mass is 9.86. The lowest BCUT2D eigenvalue weighted by Crippen LogP contribution is -2.32. The van der Waals surface area contributed by atoms with Crippen LogP contribution < -0.4 is 4.74 Å². The number of carbonyl (C=O) groups is 1. The number of ether oxygens (including phenoxy) is 1. The van der Waals surface area contributed by atoms with Crippen molar-refractivity contribution in [1.29, 1.82) is 0 Å². The molecule has 3 rings (SSSR count). The number of carboxylic acid groups (broad SMARTS) is 1. The van der Waals surface area contributed by atoms with Crippen molar-refractivity contribution in [3.63, 3.8) is 0 Å². The molecule has 1 atom stereocenters. The molecular weight excluding hydrogens is 415 g/mol. The van der Waals surface area contributed by atoms with Gasteiger partial charge in [0.2, 0.25) is 5.54 Å². The fourth-order valence-corrected chi connectivity index (χ4v) is 4.02. The molecule has 168 valence electrons. The topological polar surface area (TPSA) is 89.7 Å². The Hall–Kier alpha value is -2.84. The fraction of sp³-hybridized carbons (Fsp3) is 0.500. The molecule has 0 saturated heterocycles. The maximum atomic E-state index is 12.8. The molecule has 2 aromatic rings. The molecule has 1 N–H and O–H groups in total. The minimum Gasteiger partial charge on any atom is -0.490 e. The number of halogens is 3. The van der Waals surface area contributed by atoms with Gasteiger partial charge in [0.25, 0.3) is 0 Å². The molecule has 6 nitrogen and oxygen atoms in total. The standard InChI is InChI=1S/C22H24F3NO5/c1-21(26(29)30,11-10-20(27)28)17-4-2-15-13-19(7-3-14(15)12-17)31-18-8-5-16(6-9-18)22(23,24)25/h2-4,7,12-13,16,18H,5-6,8-11H2,1H3,(H,27,28)/t16-,18+,21?. The Morgan fingerprint density at radius 1 is 1.13 bits per heavy atom. The summed E-state index contributed by atoms with van der Waals surface area (Å²) in [6.45, 7) is 1.41. The lowest BCUT2D eigenvalue weighted by Gasteiger charge is -2.30. The molecule has 0 radical (unpaired) electrons. The molecule has 0 bridgehead atoms. The van der Waals surface area contributed by atoms with Crippen LogP contribution in [0, 0.1) is 16.0 Å². The van der Waals surface area contributed by atoms with Crippen molar-refractivity contribution in [2.45, 2.75) is 63.3 Å². The molecule has 0 amide bonds. The average molecular weight is 439 g/mol. The number of aliphatic carboxylic acids is 1. The summed E-state index contributed by atoms with van der Waals surface area (Å²) in [5.41, 5.74) is -1.12. The Balaban J connectivity index is 1.74. The second-order valence-electron chi connectivity index (χ2n) is 8.28. The highest BCUT2D eigenvalue weighted by Crippen LogP contribution is 2.39. The van der Waals surface area contributed by atoms with E-state index in [0.29, 0.717) is 24.2 Å². The van der Waals surface area contributed by atoms with Crippen LogP contribution in [0.4, 0.5) is 13.2 Å². The van der Waals surface area contributed by atoms with Gasteiger partial charge in [-0.15, -0.1) is 0 Å². The summed E-state index contributed by atoms with van der Waals surface area (Å²) in [6, 6.07) is 10.2. The van der Waals surface area contributed by atoms with Crippen molar-refractivity contribution in [1.82, 2.24) is 0 Å². The molecule has 31 heavy (non-hydrogen) atoms. The third-order valence-corrected chi connectivity index (χ3v) is 6.10. The van der Waals surface area contributed by atoms with Crippen LogP contribution in [0.25, 0.3) is 10.8 Å². The van der Waals surface area contributed by atoms with Crippen molar-refractivity contribution < 1.29 is 32.7 Å². The Kier molecular flexibility index (Phi) is 6.43. The number of nitrogens with zero attached hydrogens (tertiary/aromatic N) is 1. The van der Waals surface area contributed by atoms with Crippen molar-refractivity contribution in [2.75, 3.05) is 0 Å². The predicted octanol–water partition coefficient (Wildman–Crippen LogP) is 5.70. The molecule has 0 aromatic heterocycles. The molecule has 1 fully saturated rings. The Labute approximate surface area is 177 Å². The van der Waals surface area contributed by atoms with E-state index in [1.54, 1.807) is 36.4 Å². The van der Waals surface area contributed by atoms with Gasteiger partial charge >= 0.3 is 12.1 Å². The second-order valence-corrected chi connectivity index (χ2v) is 8.28. The smallest absolute Gasteiger partial charge is 0.391 e. The molecule has 1 aliphatic rings. The zero-order valence-corrected chi connectivity index (χ0v) is 17.0. The van der Waals surface area contributed by atoms with E-state index in [4.69, 9.17) is 9.84 Å². The monoisotopic (exact) mass is 439 g/mol. The van der Waals surface area contributed by atoms with Gasteiger partial charge in [-0.05, 0) is 54.7 Å².